The van der Waals surface area contributed by atoms with E-state index in [1.54, 1.807) is 0 Å². The summed E-state index contributed by atoms with van der Waals surface area (Å²) in [4.78, 5) is 10.7. The third-order valence-electron chi connectivity index (χ3n) is 2.86. The zero-order valence-corrected chi connectivity index (χ0v) is 11.0. The minimum absolute atomic E-state index is 0.0199. The van der Waals surface area contributed by atoms with Crippen molar-refractivity contribution in [2.75, 3.05) is 0 Å². The molecule has 0 radical (unpaired) electrons. The van der Waals surface area contributed by atoms with Crippen molar-refractivity contribution in [3.63, 3.8) is 0 Å². The lowest BCUT2D eigenvalue weighted by Crippen LogP contribution is -2.06. The SMILES string of the molecule is O=Cc1cc(/C=C/c2ccc(F)cc2F)cc(C(F)(F)F)c1. The fraction of sp³-hybridized carbons (Fsp3) is 0.0625. The highest BCUT2D eigenvalue weighted by molar-refractivity contribution is 5.79. The molecule has 2 rings (SSSR count). The molecule has 0 atom stereocenters. The van der Waals surface area contributed by atoms with Gasteiger partial charge in [0.1, 0.15) is 17.9 Å². The van der Waals surface area contributed by atoms with Crippen molar-refractivity contribution in [1.29, 1.82) is 0 Å². The number of aldehydes is 1. The van der Waals surface area contributed by atoms with Gasteiger partial charge >= 0.3 is 6.18 Å². The first-order valence-electron chi connectivity index (χ1n) is 6.10. The molecule has 22 heavy (non-hydrogen) atoms. The number of benzene rings is 2. The number of alkyl halides is 3. The van der Waals surface area contributed by atoms with E-state index in [4.69, 9.17) is 0 Å². The highest BCUT2D eigenvalue weighted by Gasteiger charge is 2.30. The summed E-state index contributed by atoms with van der Waals surface area (Å²) in [5, 5.41) is 0. The van der Waals surface area contributed by atoms with Crippen LogP contribution in [-0.2, 0) is 6.18 Å². The molecule has 0 heterocycles. The van der Waals surface area contributed by atoms with Crippen LogP contribution in [0.1, 0.15) is 27.0 Å². The topological polar surface area (TPSA) is 17.1 Å². The Balaban J connectivity index is 2.40. The van der Waals surface area contributed by atoms with Gasteiger partial charge in [-0.05, 0) is 35.9 Å². The molecule has 6 heteroatoms. The molecule has 0 unspecified atom stereocenters. The van der Waals surface area contributed by atoms with Crippen molar-refractivity contribution in [3.8, 4) is 0 Å². The second-order valence-electron chi connectivity index (χ2n) is 4.50. The second-order valence-corrected chi connectivity index (χ2v) is 4.50. The van der Waals surface area contributed by atoms with Crippen LogP contribution in [0, 0.1) is 11.6 Å². The number of hydrogen-bond acceptors (Lipinski definition) is 1. The van der Waals surface area contributed by atoms with Crippen molar-refractivity contribution in [2.45, 2.75) is 6.18 Å². The molecule has 1 nitrogen and oxygen atoms in total. The first-order chi connectivity index (χ1) is 10.3. The van der Waals surface area contributed by atoms with Gasteiger partial charge in [0.15, 0.2) is 0 Å². The van der Waals surface area contributed by atoms with Crippen molar-refractivity contribution in [1.82, 2.24) is 0 Å². The Labute approximate surface area is 122 Å². The molecule has 0 saturated heterocycles. The largest absolute Gasteiger partial charge is 0.416 e. The molecule has 114 valence electrons. The number of hydrogen-bond donors (Lipinski definition) is 0. The van der Waals surface area contributed by atoms with Gasteiger partial charge in [-0.15, -0.1) is 0 Å². The zero-order valence-electron chi connectivity index (χ0n) is 11.0. The standard InChI is InChI=1S/C16H9F5O/c17-14-4-3-12(15(18)8-14)2-1-10-5-11(9-22)7-13(6-10)16(19,20)21/h1-9H/b2-1+. The molecule has 0 N–H and O–H groups in total. The van der Waals surface area contributed by atoms with Crippen LogP contribution >= 0.6 is 0 Å². The van der Waals surface area contributed by atoms with Gasteiger partial charge in [0.05, 0.1) is 5.56 Å². The lowest BCUT2D eigenvalue weighted by molar-refractivity contribution is -0.137. The van der Waals surface area contributed by atoms with E-state index in [9.17, 15) is 26.7 Å². The van der Waals surface area contributed by atoms with E-state index in [-0.39, 0.29) is 16.7 Å². The molecule has 0 aliphatic carbocycles. The number of halogens is 5. The summed E-state index contributed by atoms with van der Waals surface area (Å²) in [7, 11) is 0. The Kier molecular flexibility index (Phi) is 4.40. The predicted molar refractivity (Wildman–Crippen MR) is 72.1 cm³/mol. The van der Waals surface area contributed by atoms with Crippen LogP contribution in [0.2, 0.25) is 0 Å². The van der Waals surface area contributed by atoms with Crippen LogP contribution < -0.4 is 0 Å². The normalized spacial score (nSPS) is 11.9. The van der Waals surface area contributed by atoms with E-state index in [2.05, 4.69) is 0 Å². The van der Waals surface area contributed by atoms with Crippen molar-refractivity contribution in [3.05, 3.63) is 70.3 Å². The lowest BCUT2D eigenvalue weighted by atomic mass is 10.0. The highest BCUT2D eigenvalue weighted by Crippen LogP contribution is 2.31. The molecule has 0 spiro atoms. The van der Waals surface area contributed by atoms with E-state index >= 15 is 0 Å². The zero-order chi connectivity index (χ0) is 16.3. The van der Waals surface area contributed by atoms with Gasteiger partial charge in [-0.3, -0.25) is 4.79 Å². The maximum Gasteiger partial charge on any atom is 0.416 e. The molecule has 0 aliphatic rings. The summed E-state index contributed by atoms with van der Waals surface area (Å²) >= 11 is 0. The van der Waals surface area contributed by atoms with Gasteiger partial charge in [0.2, 0.25) is 0 Å². The van der Waals surface area contributed by atoms with E-state index < -0.39 is 23.4 Å². The molecular formula is C16H9F5O. The molecule has 2 aromatic rings. The first kappa shape index (κ1) is 15.9. The summed E-state index contributed by atoms with van der Waals surface area (Å²) in [5.41, 5.74) is -1.02. The van der Waals surface area contributed by atoms with Gasteiger partial charge in [-0.1, -0.05) is 12.2 Å². The summed E-state index contributed by atoms with van der Waals surface area (Å²) in [6.07, 6.45) is -1.87. The second kappa shape index (κ2) is 6.09. The number of carbonyl (C=O) groups is 1. The van der Waals surface area contributed by atoms with Crippen LogP contribution in [0.15, 0.2) is 36.4 Å². The molecule has 0 fully saturated rings. The van der Waals surface area contributed by atoms with E-state index in [0.29, 0.717) is 12.4 Å². The van der Waals surface area contributed by atoms with E-state index in [1.807, 2.05) is 0 Å². The Morgan fingerprint density at radius 1 is 0.864 bits per heavy atom. The molecule has 0 aromatic heterocycles. The van der Waals surface area contributed by atoms with E-state index in [0.717, 1.165) is 24.3 Å². The third kappa shape index (κ3) is 3.78. The fourth-order valence-corrected chi connectivity index (χ4v) is 1.83. The fourth-order valence-electron chi connectivity index (χ4n) is 1.83. The maximum absolute atomic E-state index is 13.4. The van der Waals surface area contributed by atoms with Crippen molar-refractivity contribution < 1.29 is 26.7 Å². The molecule has 0 saturated carbocycles. The summed E-state index contributed by atoms with van der Waals surface area (Å²) < 4.78 is 64.3. The highest BCUT2D eigenvalue weighted by atomic mass is 19.4. The monoisotopic (exact) mass is 312 g/mol. The van der Waals surface area contributed by atoms with Crippen molar-refractivity contribution >= 4 is 18.4 Å². The van der Waals surface area contributed by atoms with Crippen LogP contribution in [0.5, 0.6) is 0 Å². The molecular weight excluding hydrogens is 303 g/mol. The third-order valence-corrected chi connectivity index (χ3v) is 2.86. The number of rotatable bonds is 3. The first-order valence-corrected chi connectivity index (χ1v) is 6.10. The van der Waals surface area contributed by atoms with Gasteiger partial charge in [0, 0.05) is 17.2 Å². The quantitative estimate of drug-likeness (QED) is 0.444. The Morgan fingerprint density at radius 3 is 2.14 bits per heavy atom. The van der Waals surface area contributed by atoms with Gasteiger partial charge in [-0.25, -0.2) is 8.78 Å². The molecule has 0 aliphatic heterocycles. The van der Waals surface area contributed by atoms with E-state index in [1.165, 1.54) is 18.2 Å². The average molecular weight is 312 g/mol. The predicted octanol–water partition coefficient (Wildman–Crippen LogP) is 4.97. The Bertz CT molecular complexity index is 732. The van der Waals surface area contributed by atoms with Crippen LogP contribution in [-0.4, -0.2) is 6.29 Å². The van der Waals surface area contributed by atoms with Crippen LogP contribution in [0.4, 0.5) is 22.0 Å². The minimum Gasteiger partial charge on any atom is -0.298 e. The smallest absolute Gasteiger partial charge is 0.298 e. The Hall–Kier alpha value is -2.50. The maximum atomic E-state index is 13.4. The summed E-state index contributed by atoms with van der Waals surface area (Å²) in [6.45, 7) is 0. The summed E-state index contributed by atoms with van der Waals surface area (Å²) in [6, 6.07) is 5.66. The Morgan fingerprint density at radius 2 is 1.55 bits per heavy atom. The van der Waals surface area contributed by atoms with Gasteiger partial charge < -0.3 is 0 Å². The molecule has 2 aromatic carbocycles. The van der Waals surface area contributed by atoms with Gasteiger partial charge in [0.25, 0.3) is 0 Å². The van der Waals surface area contributed by atoms with Crippen LogP contribution in [0.3, 0.4) is 0 Å². The lowest BCUT2D eigenvalue weighted by Gasteiger charge is -2.08. The average Bonchev–Trinajstić information content (AvgIpc) is 2.45. The minimum atomic E-state index is -4.59. The van der Waals surface area contributed by atoms with Gasteiger partial charge in [-0.2, -0.15) is 13.2 Å². The summed E-state index contributed by atoms with van der Waals surface area (Å²) in [5.74, 6) is -1.59. The molecule has 0 amide bonds. The number of carbonyl (C=O) groups excluding carboxylic acids is 1. The van der Waals surface area contributed by atoms with Crippen LogP contribution in [0.25, 0.3) is 12.2 Å². The molecule has 0 bridgehead atoms. The van der Waals surface area contributed by atoms with Crippen molar-refractivity contribution in [2.24, 2.45) is 0 Å².